The van der Waals surface area contributed by atoms with Crippen LogP contribution < -0.4 is 11.1 Å². The Labute approximate surface area is 128 Å². The molecule has 5 N–H and O–H groups in total. The second-order valence-corrected chi connectivity index (χ2v) is 4.17. The zero-order valence-corrected chi connectivity index (χ0v) is 12.1. The van der Waals surface area contributed by atoms with Gasteiger partial charge < -0.3 is 26.0 Å². The molecule has 1 aromatic carbocycles. The van der Waals surface area contributed by atoms with Crippen LogP contribution in [0.15, 0.2) is 30.3 Å². The van der Waals surface area contributed by atoms with Crippen LogP contribution in [-0.4, -0.2) is 41.0 Å². The Morgan fingerprint density at radius 3 is 2.43 bits per heavy atom. The highest BCUT2D eigenvalue weighted by Gasteiger charge is 2.28. The Morgan fingerprint density at radius 2 is 1.90 bits per heavy atom. The molecule has 1 aromatic rings. The number of carboxylic acid groups (broad SMARTS) is 1. The maximum absolute atomic E-state index is 11.5. The second kappa shape index (κ2) is 9.98. The van der Waals surface area contributed by atoms with Crippen LogP contribution in [0.2, 0.25) is 0 Å². The smallest absolute Gasteiger partial charge is 0.408 e. The molecule has 0 aliphatic heterocycles. The van der Waals surface area contributed by atoms with Gasteiger partial charge in [0.1, 0.15) is 6.61 Å². The molecule has 1 rings (SSSR count). The average molecular weight is 319 g/mol. The topological polar surface area (TPSA) is 122 Å². The third kappa shape index (κ3) is 6.94. The van der Waals surface area contributed by atoms with Gasteiger partial charge in [-0.3, -0.25) is 0 Å². The summed E-state index contributed by atoms with van der Waals surface area (Å²) in [7, 11) is 0. The summed E-state index contributed by atoms with van der Waals surface area (Å²) in [6.45, 7) is 0.137. The van der Waals surface area contributed by atoms with Crippen molar-refractivity contribution in [2.45, 2.75) is 25.2 Å². The van der Waals surface area contributed by atoms with Gasteiger partial charge in [-0.2, -0.15) is 0 Å². The third-order valence-electron chi connectivity index (χ3n) is 2.60. The van der Waals surface area contributed by atoms with Crippen molar-refractivity contribution in [3.63, 3.8) is 0 Å². The second-order valence-electron chi connectivity index (χ2n) is 4.17. The molecular formula is C13H19ClN2O5. The van der Waals surface area contributed by atoms with Crippen molar-refractivity contribution in [1.29, 1.82) is 0 Å². The van der Waals surface area contributed by atoms with Crippen molar-refractivity contribution in [3.8, 4) is 0 Å². The number of amides is 1. The number of aliphatic hydroxyl groups is 1. The fourth-order valence-corrected chi connectivity index (χ4v) is 1.55. The molecule has 0 spiro atoms. The molecule has 0 saturated carbocycles. The van der Waals surface area contributed by atoms with Crippen LogP contribution in [-0.2, 0) is 16.1 Å². The van der Waals surface area contributed by atoms with Gasteiger partial charge in [0.15, 0.2) is 6.04 Å². The Morgan fingerprint density at radius 1 is 1.29 bits per heavy atom. The molecule has 0 saturated heterocycles. The quantitative estimate of drug-likeness (QED) is 0.580. The minimum Gasteiger partial charge on any atom is -0.480 e. The van der Waals surface area contributed by atoms with E-state index < -0.39 is 24.2 Å². The highest BCUT2D eigenvalue weighted by atomic mass is 35.5. The summed E-state index contributed by atoms with van der Waals surface area (Å²) in [4.78, 5) is 22.5. The number of benzene rings is 1. The summed E-state index contributed by atoms with van der Waals surface area (Å²) in [5, 5.41) is 20.6. The highest BCUT2D eigenvalue weighted by Crippen LogP contribution is 2.03. The predicted octanol–water partition coefficient (Wildman–Crippen LogP) is 0.497. The molecule has 118 valence electrons. The number of alkyl carbamates (subject to hydrolysis) is 1. The van der Waals surface area contributed by atoms with Crippen LogP contribution in [0.1, 0.15) is 12.0 Å². The maximum Gasteiger partial charge on any atom is 0.408 e. The first-order valence-electron chi connectivity index (χ1n) is 6.12. The summed E-state index contributed by atoms with van der Waals surface area (Å²) in [6, 6.07) is 7.51. The van der Waals surface area contributed by atoms with E-state index in [4.69, 9.17) is 15.6 Å². The van der Waals surface area contributed by atoms with Crippen molar-refractivity contribution in [2.24, 2.45) is 5.73 Å². The highest BCUT2D eigenvalue weighted by molar-refractivity contribution is 5.85. The number of carbonyl (C=O) groups is 2. The van der Waals surface area contributed by atoms with Crippen molar-refractivity contribution in [3.05, 3.63) is 35.9 Å². The van der Waals surface area contributed by atoms with E-state index in [9.17, 15) is 14.7 Å². The average Bonchev–Trinajstić information content (AvgIpc) is 2.43. The van der Waals surface area contributed by atoms with Gasteiger partial charge in [0, 0.05) is 0 Å². The van der Waals surface area contributed by atoms with Crippen LogP contribution in [0, 0.1) is 0 Å². The van der Waals surface area contributed by atoms with E-state index in [1.165, 1.54) is 0 Å². The Balaban J connectivity index is 0.00000400. The Hall–Kier alpha value is -1.83. The van der Waals surface area contributed by atoms with E-state index in [-0.39, 0.29) is 32.0 Å². The van der Waals surface area contributed by atoms with Crippen LogP contribution in [0.25, 0.3) is 0 Å². The lowest BCUT2D eigenvalue weighted by Gasteiger charge is -2.19. The molecule has 7 nitrogen and oxygen atoms in total. The molecule has 2 atom stereocenters. The van der Waals surface area contributed by atoms with Gasteiger partial charge in [-0.15, -0.1) is 12.4 Å². The Bertz CT molecular complexity index is 443. The number of aliphatic hydroxyl groups excluding tert-OH is 1. The summed E-state index contributed by atoms with van der Waals surface area (Å²) in [6.07, 6.45) is -2.10. The van der Waals surface area contributed by atoms with E-state index in [1.807, 2.05) is 6.07 Å². The van der Waals surface area contributed by atoms with Gasteiger partial charge >= 0.3 is 12.1 Å². The summed E-state index contributed by atoms with van der Waals surface area (Å²) in [5.41, 5.74) is 6.01. The minimum absolute atomic E-state index is 0. The first-order valence-corrected chi connectivity index (χ1v) is 6.12. The standard InChI is InChI=1S/C13H18N2O5.ClH/c14-7-6-10(16)11(12(17)18)15-13(19)20-8-9-4-2-1-3-5-9;/h1-5,10-11,16H,6-8,14H2,(H,15,19)(H,17,18);1H. The zero-order valence-electron chi connectivity index (χ0n) is 11.3. The fraction of sp³-hybridized carbons (Fsp3) is 0.385. The molecule has 21 heavy (non-hydrogen) atoms. The van der Waals surface area contributed by atoms with Gasteiger partial charge in [-0.25, -0.2) is 9.59 Å². The van der Waals surface area contributed by atoms with Crippen LogP contribution in [0.3, 0.4) is 0 Å². The number of aliphatic carboxylic acids is 1. The van der Waals surface area contributed by atoms with Crippen molar-refractivity contribution in [2.75, 3.05) is 6.54 Å². The number of rotatable bonds is 7. The molecule has 0 aliphatic carbocycles. The lowest BCUT2D eigenvalue weighted by molar-refractivity contribution is -0.142. The molecule has 0 heterocycles. The molecule has 0 radical (unpaired) electrons. The molecule has 2 unspecified atom stereocenters. The van der Waals surface area contributed by atoms with Gasteiger partial charge in [-0.05, 0) is 18.5 Å². The fourth-order valence-electron chi connectivity index (χ4n) is 1.55. The van der Waals surface area contributed by atoms with Crippen LogP contribution in [0.4, 0.5) is 4.79 Å². The number of hydrogen-bond acceptors (Lipinski definition) is 5. The molecule has 8 heteroatoms. The van der Waals surface area contributed by atoms with E-state index in [0.29, 0.717) is 0 Å². The van der Waals surface area contributed by atoms with Gasteiger partial charge in [0.25, 0.3) is 0 Å². The largest absolute Gasteiger partial charge is 0.480 e. The third-order valence-corrected chi connectivity index (χ3v) is 2.60. The monoisotopic (exact) mass is 318 g/mol. The summed E-state index contributed by atoms with van der Waals surface area (Å²) >= 11 is 0. The van der Waals surface area contributed by atoms with Crippen LogP contribution in [0.5, 0.6) is 0 Å². The zero-order chi connectivity index (χ0) is 15.0. The maximum atomic E-state index is 11.5. The van der Waals surface area contributed by atoms with E-state index in [2.05, 4.69) is 5.32 Å². The van der Waals surface area contributed by atoms with Crippen molar-refractivity contribution < 1.29 is 24.5 Å². The summed E-state index contributed by atoms with van der Waals surface area (Å²) in [5.74, 6) is -1.34. The number of carbonyl (C=O) groups excluding carboxylic acids is 1. The van der Waals surface area contributed by atoms with Crippen LogP contribution >= 0.6 is 12.4 Å². The van der Waals surface area contributed by atoms with Gasteiger partial charge in [0.2, 0.25) is 0 Å². The first-order chi connectivity index (χ1) is 9.54. The van der Waals surface area contributed by atoms with Gasteiger partial charge in [0.05, 0.1) is 6.10 Å². The summed E-state index contributed by atoms with van der Waals surface area (Å²) < 4.78 is 4.88. The number of hydrogen-bond donors (Lipinski definition) is 4. The lowest BCUT2D eigenvalue weighted by atomic mass is 10.1. The first kappa shape index (κ1) is 19.2. The van der Waals surface area contributed by atoms with Gasteiger partial charge in [-0.1, -0.05) is 30.3 Å². The normalized spacial score (nSPS) is 12.7. The van der Waals surface area contributed by atoms with E-state index in [0.717, 1.165) is 5.56 Å². The van der Waals surface area contributed by atoms with E-state index in [1.54, 1.807) is 24.3 Å². The number of halogens is 1. The molecule has 0 fully saturated rings. The molecule has 1 amide bonds. The number of nitrogens with one attached hydrogen (secondary N) is 1. The van der Waals surface area contributed by atoms with Crippen molar-refractivity contribution in [1.82, 2.24) is 5.32 Å². The molecule has 0 aliphatic rings. The SMILES string of the molecule is Cl.NCCC(O)C(NC(=O)OCc1ccccc1)C(=O)O. The number of carboxylic acids is 1. The molecule has 0 aromatic heterocycles. The lowest BCUT2D eigenvalue weighted by Crippen LogP contribution is -2.49. The molecule has 0 bridgehead atoms. The number of ether oxygens (including phenoxy) is 1. The molecular weight excluding hydrogens is 300 g/mol. The Kier molecular flexibility index (Phi) is 9.11. The van der Waals surface area contributed by atoms with Crippen molar-refractivity contribution >= 4 is 24.5 Å². The predicted molar refractivity (Wildman–Crippen MR) is 78.1 cm³/mol. The number of nitrogens with two attached hydrogens (primary N) is 1. The van der Waals surface area contributed by atoms with E-state index >= 15 is 0 Å². The minimum atomic E-state index is -1.44.